The molecule has 13 heteroatoms. The van der Waals surface area contributed by atoms with Gasteiger partial charge in [0.2, 0.25) is 0 Å². The molecule has 4 rings (SSSR count). The molecule has 0 unspecified atom stereocenters. The van der Waals surface area contributed by atoms with E-state index in [0.29, 0.717) is 52.5 Å². The topological polar surface area (TPSA) is 145 Å². The SMILES string of the molecule is C=CCOCc1c(OC)cccc1C(=O)NN(C(=O)c1cc(C)cc(C)c1)C(C)(C)C.C=CCOCc1c(OC)cccc1C(=O)NNC(C)(C)C.Cc1cc(C)cc(C(=O)Cl)c1. The number of carbonyl (C=O) groups is 4. The molecule has 0 saturated carbocycles. The number of nitrogens with one attached hydrogen (secondary N) is 3. The quantitative estimate of drug-likeness (QED) is 0.0460. The van der Waals surface area contributed by atoms with Crippen molar-refractivity contribution in [1.29, 1.82) is 0 Å². The van der Waals surface area contributed by atoms with Gasteiger partial charge >= 0.3 is 0 Å². The standard InChI is InChI=1S/C25H32N2O4.C16H24N2O3.C9H9ClO/c1-8-12-31-16-21-20(10-9-11-22(21)30-7)23(28)26-27(25(4,5)6)24(29)19-14-17(2)13-18(3)15-19;1-6-10-21-11-13-12(8-7-9-14(13)20-5)15(19)17-18-16(2,3)4;1-6-3-7(2)5-8(4-6)9(10)11/h8-11,13-15H,1,12,16H2,2-7H3,(H,26,28);6-9,18H,1,10-11H2,2-5H3,(H,17,19);3-5H,1-2H3. The van der Waals surface area contributed by atoms with Crippen molar-refractivity contribution in [3.05, 3.63) is 154 Å². The number of halogens is 1. The number of benzene rings is 4. The van der Waals surface area contributed by atoms with Crippen molar-refractivity contribution in [2.24, 2.45) is 0 Å². The minimum absolute atomic E-state index is 0.180. The monoisotopic (exact) mass is 884 g/mol. The molecule has 0 atom stereocenters. The highest BCUT2D eigenvalue weighted by Crippen LogP contribution is 2.26. The normalized spacial score (nSPS) is 10.8. The molecule has 0 aliphatic heterocycles. The number of hydrazine groups is 2. The fraction of sp³-hybridized carbons (Fsp3) is 0.360. The van der Waals surface area contributed by atoms with Crippen LogP contribution in [0.4, 0.5) is 0 Å². The molecular formula is C50H65ClN4O8. The number of amides is 3. The van der Waals surface area contributed by atoms with Gasteiger partial charge in [0.1, 0.15) is 11.5 Å². The van der Waals surface area contributed by atoms with E-state index in [9.17, 15) is 19.2 Å². The van der Waals surface area contributed by atoms with Crippen LogP contribution >= 0.6 is 11.6 Å². The van der Waals surface area contributed by atoms with Gasteiger partial charge in [-0.05, 0) is 129 Å². The fourth-order valence-corrected chi connectivity index (χ4v) is 6.15. The molecule has 340 valence electrons. The number of nitrogens with zero attached hydrogens (tertiary/aromatic N) is 1. The zero-order chi connectivity index (χ0) is 47.5. The lowest BCUT2D eigenvalue weighted by Gasteiger charge is -2.36. The highest BCUT2D eigenvalue weighted by Gasteiger charge is 2.31. The van der Waals surface area contributed by atoms with Crippen LogP contribution in [0.25, 0.3) is 0 Å². The van der Waals surface area contributed by atoms with Crippen molar-refractivity contribution in [2.45, 2.75) is 93.5 Å². The highest BCUT2D eigenvalue weighted by atomic mass is 35.5. The third-order valence-electron chi connectivity index (χ3n) is 8.71. The van der Waals surface area contributed by atoms with Crippen LogP contribution in [-0.2, 0) is 22.7 Å². The molecule has 3 amide bonds. The van der Waals surface area contributed by atoms with Gasteiger partial charge in [0.15, 0.2) is 0 Å². The van der Waals surface area contributed by atoms with Gasteiger partial charge in [0.25, 0.3) is 23.0 Å². The van der Waals surface area contributed by atoms with Crippen molar-refractivity contribution >= 4 is 34.6 Å². The van der Waals surface area contributed by atoms with E-state index in [-0.39, 0.29) is 30.6 Å². The summed E-state index contributed by atoms with van der Waals surface area (Å²) in [7, 11) is 3.11. The van der Waals surface area contributed by atoms with Crippen molar-refractivity contribution in [1.82, 2.24) is 21.3 Å². The van der Waals surface area contributed by atoms with E-state index >= 15 is 0 Å². The molecule has 4 aromatic rings. The molecule has 0 fully saturated rings. The van der Waals surface area contributed by atoms with Crippen molar-refractivity contribution < 1.29 is 38.1 Å². The third kappa shape index (κ3) is 17.8. The largest absolute Gasteiger partial charge is 0.496 e. The predicted molar refractivity (Wildman–Crippen MR) is 251 cm³/mol. The summed E-state index contributed by atoms with van der Waals surface area (Å²) in [6.07, 6.45) is 3.30. The Morgan fingerprint density at radius 3 is 1.43 bits per heavy atom. The number of carbonyl (C=O) groups excluding carboxylic acids is 4. The van der Waals surface area contributed by atoms with Crippen LogP contribution in [0, 0.1) is 27.7 Å². The molecule has 0 radical (unpaired) electrons. The molecule has 4 aromatic carbocycles. The van der Waals surface area contributed by atoms with E-state index in [1.165, 1.54) is 5.01 Å². The Hall–Kier alpha value is -5.79. The summed E-state index contributed by atoms with van der Waals surface area (Å²) in [6, 6.07) is 21.7. The minimum Gasteiger partial charge on any atom is -0.496 e. The summed E-state index contributed by atoms with van der Waals surface area (Å²) in [5, 5.41) is 0.981. The van der Waals surface area contributed by atoms with Crippen molar-refractivity contribution in [2.75, 3.05) is 27.4 Å². The number of methoxy groups -OCH3 is 2. The lowest BCUT2D eigenvalue weighted by molar-refractivity contribution is 0.0357. The molecule has 0 bridgehead atoms. The highest BCUT2D eigenvalue weighted by molar-refractivity contribution is 6.67. The maximum Gasteiger partial charge on any atom is 0.272 e. The van der Waals surface area contributed by atoms with E-state index in [4.69, 9.17) is 30.5 Å². The summed E-state index contributed by atoms with van der Waals surface area (Å²) in [5.74, 6) is 0.256. The Labute approximate surface area is 378 Å². The first kappa shape index (κ1) is 53.3. The summed E-state index contributed by atoms with van der Waals surface area (Å²) < 4.78 is 21.7. The van der Waals surface area contributed by atoms with E-state index in [1.807, 2.05) is 93.5 Å². The molecule has 0 aliphatic rings. The molecule has 0 saturated heterocycles. The Balaban J connectivity index is 0.000000365. The molecule has 0 aliphatic carbocycles. The Bertz CT molecular complexity index is 2170. The van der Waals surface area contributed by atoms with Gasteiger partial charge in [-0.3, -0.25) is 30.0 Å². The average molecular weight is 886 g/mol. The Morgan fingerprint density at radius 1 is 0.651 bits per heavy atom. The fourth-order valence-electron chi connectivity index (χ4n) is 6.04. The van der Waals surface area contributed by atoms with Gasteiger partial charge in [-0.15, -0.1) is 13.2 Å². The maximum absolute atomic E-state index is 13.3. The van der Waals surface area contributed by atoms with Crippen LogP contribution in [0.2, 0.25) is 0 Å². The zero-order valence-electron chi connectivity index (χ0n) is 38.9. The van der Waals surface area contributed by atoms with Gasteiger partial charge in [-0.25, -0.2) is 10.4 Å². The summed E-state index contributed by atoms with van der Waals surface area (Å²) in [5.41, 5.74) is 15.0. The second kappa shape index (κ2) is 25.4. The lowest BCUT2D eigenvalue weighted by Crippen LogP contribution is -2.56. The average Bonchev–Trinajstić information content (AvgIpc) is 3.20. The number of rotatable bonds is 15. The minimum atomic E-state index is -0.650. The molecule has 0 heterocycles. The van der Waals surface area contributed by atoms with E-state index in [0.717, 1.165) is 27.8 Å². The first-order valence-electron chi connectivity index (χ1n) is 20.3. The smallest absolute Gasteiger partial charge is 0.272 e. The molecule has 0 aromatic heterocycles. The van der Waals surface area contributed by atoms with Crippen LogP contribution in [0.15, 0.2) is 98.1 Å². The predicted octanol–water partition coefficient (Wildman–Crippen LogP) is 9.71. The van der Waals surface area contributed by atoms with Crippen molar-refractivity contribution in [3.8, 4) is 11.5 Å². The van der Waals surface area contributed by atoms with E-state index < -0.39 is 16.7 Å². The van der Waals surface area contributed by atoms with Crippen LogP contribution in [0.1, 0.15) is 116 Å². The number of hydrogen-bond acceptors (Lipinski definition) is 9. The summed E-state index contributed by atoms with van der Waals surface area (Å²) >= 11 is 5.31. The Morgan fingerprint density at radius 2 is 1.06 bits per heavy atom. The number of ether oxygens (including phenoxy) is 4. The van der Waals surface area contributed by atoms with E-state index in [2.05, 4.69) is 29.4 Å². The van der Waals surface area contributed by atoms with Gasteiger partial charge in [-0.2, -0.15) is 0 Å². The molecule has 63 heavy (non-hydrogen) atoms. The van der Waals surface area contributed by atoms with Crippen LogP contribution in [-0.4, -0.2) is 66.5 Å². The third-order valence-corrected chi connectivity index (χ3v) is 8.93. The second-order valence-electron chi connectivity index (χ2n) is 16.7. The van der Waals surface area contributed by atoms with Crippen LogP contribution in [0.3, 0.4) is 0 Å². The van der Waals surface area contributed by atoms with E-state index in [1.54, 1.807) is 74.9 Å². The lowest BCUT2D eigenvalue weighted by atomic mass is 10.0. The van der Waals surface area contributed by atoms with Crippen molar-refractivity contribution in [3.63, 3.8) is 0 Å². The maximum atomic E-state index is 13.3. The van der Waals surface area contributed by atoms with Gasteiger partial charge in [-0.1, -0.05) is 58.7 Å². The molecular weight excluding hydrogens is 820 g/mol. The second-order valence-corrected chi connectivity index (χ2v) is 17.0. The zero-order valence-corrected chi connectivity index (χ0v) is 39.7. The number of hydrogen-bond donors (Lipinski definition) is 3. The first-order chi connectivity index (χ1) is 29.6. The summed E-state index contributed by atoms with van der Waals surface area (Å²) in [4.78, 5) is 49.6. The molecule has 3 N–H and O–H groups in total. The summed E-state index contributed by atoms with van der Waals surface area (Å²) in [6.45, 7) is 27.7. The van der Waals surface area contributed by atoms with Crippen LogP contribution in [0.5, 0.6) is 11.5 Å². The van der Waals surface area contributed by atoms with Gasteiger partial charge in [0, 0.05) is 33.4 Å². The number of aryl methyl sites for hydroxylation is 4. The van der Waals surface area contributed by atoms with Gasteiger partial charge < -0.3 is 18.9 Å². The Kier molecular flexibility index (Phi) is 21.5. The first-order valence-corrected chi connectivity index (χ1v) is 20.7. The van der Waals surface area contributed by atoms with Gasteiger partial charge in [0.05, 0.1) is 51.7 Å². The van der Waals surface area contributed by atoms with Crippen LogP contribution < -0.4 is 25.8 Å². The molecule has 12 nitrogen and oxygen atoms in total. The molecule has 0 spiro atoms.